The molecule has 0 fully saturated rings. The maximum absolute atomic E-state index is 2.39. The van der Waals surface area contributed by atoms with Crippen molar-refractivity contribution in [2.45, 2.75) is 122 Å². The summed E-state index contributed by atoms with van der Waals surface area (Å²) >= 11 is -1.78. The second-order valence-corrected chi connectivity index (χ2v) is 21.6. The van der Waals surface area contributed by atoms with Crippen LogP contribution in [0.4, 0.5) is 0 Å². The number of hydrogen-bond acceptors (Lipinski definition) is 0. The van der Waals surface area contributed by atoms with E-state index in [1.165, 1.54) is 51.4 Å². The van der Waals surface area contributed by atoms with Crippen LogP contribution in [0.15, 0.2) is 0 Å². The molecular weight excluding hydrogens is 359 g/mol. The van der Waals surface area contributed by atoms with Crippen molar-refractivity contribution >= 4 is 18.4 Å². The second kappa shape index (κ2) is 15.7. The molecule has 0 N–H and O–H groups in total. The van der Waals surface area contributed by atoms with Gasteiger partial charge in [0.15, 0.2) is 0 Å². The van der Waals surface area contributed by atoms with Gasteiger partial charge >= 0.3 is 141 Å². The molecule has 0 saturated heterocycles. The molecule has 0 saturated carbocycles. The Balaban J connectivity index is 4.48. The molecule has 21 heavy (non-hydrogen) atoms. The van der Waals surface area contributed by atoms with E-state index in [0.717, 1.165) is 0 Å². The number of rotatable bonds is 16. The van der Waals surface area contributed by atoms with Gasteiger partial charge < -0.3 is 0 Å². The van der Waals surface area contributed by atoms with E-state index in [4.69, 9.17) is 0 Å². The average Bonchev–Trinajstić information content (AvgIpc) is 2.50. The van der Waals surface area contributed by atoms with Crippen LogP contribution in [-0.4, -0.2) is 18.4 Å². The van der Waals surface area contributed by atoms with Crippen LogP contribution in [0.25, 0.3) is 0 Å². The Kier molecular flexibility index (Phi) is 16.3. The molecule has 0 atom stereocenters. The van der Waals surface area contributed by atoms with Gasteiger partial charge in [-0.2, -0.15) is 0 Å². The Hall–Kier alpha value is 0.799. The topological polar surface area (TPSA) is 0 Å². The molecule has 0 nitrogen and oxygen atoms in total. The van der Waals surface area contributed by atoms with E-state index in [2.05, 4.69) is 27.7 Å². The summed E-state index contributed by atoms with van der Waals surface area (Å²) in [6.07, 6.45) is 17.9. The van der Waals surface area contributed by atoms with E-state index in [0.29, 0.717) is 0 Å². The summed E-state index contributed by atoms with van der Waals surface area (Å²) in [6, 6.07) is 0. The molecule has 1 heteroatoms. The normalized spacial score (nSPS) is 12.0. The molecule has 0 aromatic rings. The van der Waals surface area contributed by atoms with Crippen LogP contribution in [0.1, 0.15) is 105 Å². The predicted molar refractivity (Wildman–Crippen MR) is 103 cm³/mol. The SMILES string of the molecule is CCCCC[CH2][Sn]([CH2]CCC)([CH2]CCCC)[CH2]CCCC. The summed E-state index contributed by atoms with van der Waals surface area (Å²) in [5.41, 5.74) is 0. The Labute approximate surface area is 140 Å². The van der Waals surface area contributed by atoms with Gasteiger partial charge in [-0.05, 0) is 0 Å². The molecule has 0 aliphatic carbocycles. The van der Waals surface area contributed by atoms with Crippen LogP contribution in [0.5, 0.6) is 0 Å². The van der Waals surface area contributed by atoms with Gasteiger partial charge in [-0.1, -0.05) is 0 Å². The van der Waals surface area contributed by atoms with Gasteiger partial charge in [0.2, 0.25) is 0 Å². The van der Waals surface area contributed by atoms with Crippen molar-refractivity contribution in [3.63, 3.8) is 0 Å². The third-order valence-corrected chi connectivity index (χ3v) is 21.4. The van der Waals surface area contributed by atoms with Crippen molar-refractivity contribution in [3.05, 3.63) is 0 Å². The molecule has 0 spiro atoms. The zero-order valence-corrected chi connectivity index (χ0v) is 18.7. The van der Waals surface area contributed by atoms with E-state index >= 15 is 0 Å². The van der Waals surface area contributed by atoms with Crippen molar-refractivity contribution in [1.82, 2.24) is 0 Å². The molecular formula is C20H44Sn. The minimum atomic E-state index is -1.78. The molecule has 0 bridgehead atoms. The quantitative estimate of drug-likeness (QED) is 0.180. The van der Waals surface area contributed by atoms with Crippen molar-refractivity contribution < 1.29 is 0 Å². The molecule has 0 aromatic heterocycles. The summed E-state index contributed by atoms with van der Waals surface area (Å²) in [6.45, 7) is 9.46. The van der Waals surface area contributed by atoms with E-state index in [1.54, 1.807) is 43.4 Å². The molecule has 0 aliphatic rings. The van der Waals surface area contributed by atoms with Crippen molar-refractivity contribution in [1.29, 1.82) is 0 Å². The number of unbranched alkanes of at least 4 members (excludes halogenated alkanes) is 8. The fourth-order valence-electron chi connectivity index (χ4n) is 3.73. The van der Waals surface area contributed by atoms with Gasteiger partial charge in [-0.25, -0.2) is 0 Å². The minimum absolute atomic E-state index is 1.39. The molecule has 0 radical (unpaired) electrons. The van der Waals surface area contributed by atoms with Crippen LogP contribution in [0.3, 0.4) is 0 Å². The van der Waals surface area contributed by atoms with Gasteiger partial charge in [0.25, 0.3) is 0 Å². The maximum atomic E-state index is 2.39. The molecule has 0 heterocycles. The summed E-state index contributed by atoms with van der Waals surface area (Å²) in [4.78, 5) is 0. The predicted octanol–water partition coefficient (Wildman–Crippen LogP) is 8.20. The van der Waals surface area contributed by atoms with Gasteiger partial charge in [-0.3, -0.25) is 0 Å². The van der Waals surface area contributed by atoms with Gasteiger partial charge in [0.05, 0.1) is 0 Å². The molecule has 0 rings (SSSR count). The standard InChI is InChI=1S/C6H13.2C5H11.C4H9.Sn/c1-3-5-6-4-2;2*1-3-5-4-2;1-3-4-2;/h1,3-6H2,2H3;2*1,3-5H2,2H3;1,3-4H2,2H3;. The zero-order valence-electron chi connectivity index (χ0n) is 15.8. The van der Waals surface area contributed by atoms with Crippen molar-refractivity contribution in [2.24, 2.45) is 0 Å². The molecule has 0 aromatic carbocycles. The summed E-state index contributed by atoms with van der Waals surface area (Å²) < 4.78 is 6.88. The second-order valence-electron chi connectivity index (χ2n) is 7.33. The van der Waals surface area contributed by atoms with E-state index in [9.17, 15) is 0 Å². The molecule has 0 aliphatic heterocycles. The Bertz CT molecular complexity index is 190. The van der Waals surface area contributed by atoms with Crippen LogP contribution in [0.2, 0.25) is 17.7 Å². The third kappa shape index (κ3) is 12.0. The first-order valence-corrected chi connectivity index (χ1v) is 18.3. The Morgan fingerprint density at radius 3 is 1.14 bits per heavy atom. The van der Waals surface area contributed by atoms with E-state index in [1.807, 2.05) is 0 Å². The fraction of sp³-hybridized carbons (Fsp3) is 1.00. The van der Waals surface area contributed by atoms with Crippen LogP contribution < -0.4 is 0 Å². The number of hydrogen-bond donors (Lipinski definition) is 0. The first-order chi connectivity index (χ1) is 10.2. The first kappa shape index (κ1) is 21.8. The third-order valence-electron chi connectivity index (χ3n) is 5.24. The van der Waals surface area contributed by atoms with Crippen molar-refractivity contribution in [2.75, 3.05) is 0 Å². The first-order valence-electron chi connectivity index (χ1n) is 10.2. The summed E-state index contributed by atoms with van der Waals surface area (Å²) in [5.74, 6) is 0. The zero-order chi connectivity index (χ0) is 15.8. The Morgan fingerprint density at radius 1 is 0.381 bits per heavy atom. The van der Waals surface area contributed by atoms with Crippen LogP contribution in [0, 0.1) is 0 Å². The fourth-order valence-corrected chi connectivity index (χ4v) is 19.7. The molecule has 0 unspecified atom stereocenters. The molecule has 128 valence electrons. The average molecular weight is 403 g/mol. The van der Waals surface area contributed by atoms with Crippen molar-refractivity contribution in [3.8, 4) is 0 Å². The van der Waals surface area contributed by atoms with Crippen LogP contribution >= 0.6 is 0 Å². The Morgan fingerprint density at radius 2 is 0.714 bits per heavy atom. The van der Waals surface area contributed by atoms with Gasteiger partial charge in [0.1, 0.15) is 0 Å². The van der Waals surface area contributed by atoms with Gasteiger partial charge in [0, 0.05) is 0 Å². The van der Waals surface area contributed by atoms with Gasteiger partial charge in [-0.15, -0.1) is 0 Å². The van der Waals surface area contributed by atoms with E-state index in [-0.39, 0.29) is 0 Å². The molecule has 0 amide bonds. The monoisotopic (exact) mass is 404 g/mol. The van der Waals surface area contributed by atoms with Crippen LogP contribution in [-0.2, 0) is 0 Å². The van der Waals surface area contributed by atoms with E-state index < -0.39 is 18.4 Å². The summed E-state index contributed by atoms with van der Waals surface area (Å²) in [5, 5.41) is 0. The summed E-state index contributed by atoms with van der Waals surface area (Å²) in [7, 11) is 0.